The fourth-order valence-electron chi connectivity index (χ4n) is 3.67. The minimum absolute atomic E-state index is 0.111. The molecule has 0 heterocycles. The summed E-state index contributed by atoms with van der Waals surface area (Å²) in [5.41, 5.74) is 0. The van der Waals surface area contributed by atoms with Crippen LogP contribution in [0.2, 0.25) is 0 Å². The molecule has 0 unspecified atom stereocenters. The molecule has 1 aliphatic carbocycles. The fraction of sp³-hybridized carbons (Fsp3) is 0.941. The van der Waals surface area contributed by atoms with E-state index >= 15 is 0 Å². The van der Waals surface area contributed by atoms with Crippen molar-refractivity contribution in [2.75, 3.05) is 0 Å². The summed E-state index contributed by atoms with van der Waals surface area (Å²) in [5.74, 6) is 1.98. The molecule has 1 N–H and O–H groups in total. The smallest absolute Gasteiger partial charge is 0.318 e. The second-order valence-electron chi connectivity index (χ2n) is 7.48. The van der Waals surface area contributed by atoms with E-state index in [9.17, 15) is 4.79 Å². The molecule has 3 nitrogen and oxygen atoms in total. The Morgan fingerprint density at radius 3 is 2.05 bits per heavy atom. The summed E-state index contributed by atoms with van der Waals surface area (Å²) < 4.78 is 0. The van der Waals surface area contributed by atoms with E-state index in [1.54, 1.807) is 0 Å². The summed E-state index contributed by atoms with van der Waals surface area (Å²) in [6, 6.07) is 0.938. The summed E-state index contributed by atoms with van der Waals surface area (Å²) in [4.78, 5) is 14.5. The van der Waals surface area contributed by atoms with Crippen molar-refractivity contribution in [2.45, 2.75) is 85.9 Å². The van der Waals surface area contributed by atoms with E-state index in [4.69, 9.17) is 0 Å². The SMILES string of the molecule is CC(C)[C@@H]1CC[C@@H](C)C[C@H]1NC(=O)N(C(C)C)C(C)C. The normalized spacial score (nSPS) is 27.2. The molecule has 0 saturated heterocycles. The third-order valence-corrected chi connectivity index (χ3v) is 4.68. The van der Waals surface area contributed by atoms with Crippen molar-refractivity contribution in [2.24, 2.45) is 17.8 Å². The number of hydrogen-bond donors (Lipinski definition) is 1. The Kier molecular flexibility index (Phi) is 6.35. The van der Waals surface area contributed by atoms with Crippen LogP contribution in [0.5, 0.6) is 0 Å². The Hall–Kier alpha value is -0.730. The van der Waals surface area contributed by atoms with Gasteiger partial charge in [0.2, 0.25) is 0 Å². The van der Waals surface area contributed by atoms with Gasteiger partial charge < -0.3 is 10.2 Å². The minimum Gasteiger partial charge on any atom is -0.335 e. The average Bonchev–Trinajstić information content (AvgIpc) is 2.26. The van der Waals surface area contributed by atoms with E-state index in [2.05, 4.69) is 53.8 Å². The van der Waals surface area contributed by atoms with Crippen molar-refractivity contribution >= 4 is 6.03 Å². The largest absolute Gasteiger partial charge is 0.335 e. The van der Waals surface area contributed by atoms with Gasteiger partial charge >= 0.3 is 6.03 Å². The highest BCUT2D eigenvalue weighted by Gasteiger charge is 2.33. The molecule has 118 valence electrons. The van der Waals surface area contributed by atoms with E-state index in [0.717, 1.165) is 12.3 Å². The monoisotopic (exact) mass is 282 g/mol. The van der Waals surface area contributed by atoms with Crippen LogP contribution in [0.15, 0.2) is 0 Å². The number of nitrogens with zero attached hydrogens (tertiary/aromatic N) is 1. The molecule has 1 saturated carbocycles. The van der Waals surface area contributed by atoms with Crippen LogP contribution in [0.4, 0.5) is 4.79 Å². The number of carbonyl (C=O) groups excluding carboxylic acids is 1. The lowest BCUT2D eigenvalue weighted by Gasteiger charge is -2.40. The minimum atomic E-state index is 0.111. The number of amides is 2. The number of nitrogens with one attached hydrogen (secondary N) is 1. The van der Waals surface area contributed by atoms with Crippen LogP contribution in [-0.2, 0) is 0 Å². The lowest BCUT2D eigenvalue weighted by Crippen LogP contribution is -2.54. The third-order valence-electron chi connectivity index (χ3n) is 4.68. The Bertz CT molecular complexity index is 304. The molecule has 2 amide bonds. The first kappa shape index (κ1) is 17.3. The summed E-state index contributed by atoms with van der Waals surface area (Å²) in [5, 5.41) is 3.33. The molecule has 0 aromatic rings. The van der Waals surface area contributed by atoms with Crippen LogP contribution in [0.25, 0.3) is 0 Å². The molecule has 3 heteroatoms. The van der Waals surface area contributed by atoms with Crippen LogP contribution >= 0.6 is 0 Å². The van der Waals surface area contributed by atoms with Crippen molar-refractivity contribution < 1.29 is 4.79 Å². The summed E-state index contributed by atoms with van der Waals surface area (Å²) >= 11 is 0. The molecule has 3 atom stereocenters. The molecule has 20 heavy (non-hydrogen) atoms. The van der Waals surface area contributed by atoms with Crippen molar-refractivity contribution in [3.8, 4) is 0 Å². The third kappa shape index (κ3) is 4.39. The van der Waals surface area contributed by atoms with Crippen LogP contribution in [0.3, 0.4) is 0 Å². The first-order chi connectivity index (χ1) is 9.23. The van der Waals surface area contributed by atoms with Gasteiger partial charge in [-0.25, -0.2) is 4.79 Å². The number of hydrogen-bond acceptors (Lipinski definition) is 1. The van der Waals surface area contributed by atoms with Crippen molar-refractivity contribution in [1.82, 2.24) is 10.2 Å². The molecule has 0 bridgehead atoms. The molecule has 0 aliphatic heterocycles. The van der Waals surface area contributed by atoms with Gasteiger partial charge in [0.15, 0.2) is 0 Å². The van der Waals surface area contributed by atoms with Gasteiger partial charge in [-0.1, -0.05) is 27.2 Å². The van der Waals surface area contributed by atoms with Gasteiger partial charge in [0.1, 0.15) is 0 Å². The van der Waals surface area contributed by atoms with Crippen molar-refractivity contribution in [1.29, 1.82) is 0 Å². The molecule has 0 radical (unpaired) electrons. The Labute approximate surface area is 125 Å². The lowest BCUT2D eigenvalue weighted by atomic mass is 9.74. The summed E-state index contributed by atoms with van der Waals surface area (Å²) in [6.45, 7) is 15.2. The predicted molar refractivity (Wildman–Crippen MR) is 85.8 cm³/mol. The zero-order chi connectivity index (χ0) is 15.4. The van der Waals surface area contributed by atoms with Gasteiger partial charge in [0.25, 0.3) is 0 Å². The highest BCUT2D eigenvalue weighted by Crippen LogP contribution is 2.33. The molecule has 0 aromatic heterocycles. The maximum absolute atomic E-state index is 12.6. The zero-order valence-corrected chi connectivity index (χ0v) is 14.4. The molecular formula is C17H34N2O. The molecule has 0 spiro atoms. The van der Waals surface area contributed by atoms with Gasteiger partial charge in [0.05, 0.1) is 0 Å². The number of rotatable bonds is 4. The van der Waals surface area contributed by atoms with Gasteiger partial charge in [-0.15, -0.1) is 0 Å². The highest BCUT2D eigenvalue weighted by atomic mass is 16.2. The molecule has 0 aromatic carbocycles. The van der Waals surface area contributed by atoms with Crippen LogP contribution in [0.1, 0.15) is 67.7 Å². The van der Waals surface area contributed by atoms with E-state index in [-0.39, 0.29) is 18.1 Å². The van der Waals surface area contributed by atoms with Crippen LogP contribution < -0.4 is 5.32 Å². The number of urea groups is 1. The maximum atomic E-state index is 12.6. The Morgan fingerprint density at radius 2 is 1.60 bits per heavy atom. The van der Waals surface area contributed by atoms with E-state index < -0.39 is 0 Å². The predicted octanol–water partition coefficient (Wildman–Crippen LogP) is 4.28. The molecule has 1 aliphatic rings. The molecular weight excluding hydrogens is 248 g/mol. The fourth-order valence-corrected chi connectivity index (χ4v) is 3.67. The van der Waals surface area contributed by atoms with E-state index in [0.29, 0.717) is 17.9 Å². The van der Waals surface area contributed by atoms with Crippen molar-refractivity contribution in [3.05, 3.63) is 0 Å². The van der Waals surface area contributed by atoms with Gasteiger partial charge in [0, 0.05) is 18.1 Å². The second kappa shape index (κ2) is 7.33. The first-order valence-electron chi connectivity index (χ1n) is 8.32. The quantitative estimate of drug-likeness (QED) is 0.820. The average molecular weight is 282 g/mol. The van der Waals surface area contributed by atoms with E-state index in [1.165, 1.54) is 12.8 Å². The second-order valence-corrected chi connectivity index (χ2v) is 7.48. The first-order valence-corrected chi connectivity index (χ1v) is 8.32. The van der Waals surface area contributed by atoms with Crippen LogP contribution in [-0.4, -0.2) is 29.1 Å². The Morgan fingerprint density at radius 1 is 1.05 bits per heavy atom. The topological polar surface area (TPSA) is 32.3 Å². The summed E-state index contributed by atoms with van der Waals surface area (Å²) in [6.07, 6.45) is 3.67. The van der Waals surface area contributed by atoms with Gasteiger partial charge in [-0.05, 0) is 58.3 Å². The zero-order valence-electron chi connectivity index (χ0n) is 14.4. The number of carbonyl (C=O) groups is 1. The van der Waals surface area contributed by atoms with Crippen molar-refractivity contribution in [3.63, 3.8) is 0 Å². The Balaban J connectivity index is 2.74. The van der Waals surface area contributed by atoms with Gasteiger partial charge in [-0.2, -0.15) is 0 Å². The summed E-state index contributed by atoms with van der Waals surface area (Å²) in [7, 11) is 0. The lowest BCUT2D eigenvalue weighted by molar-refractivity contribution is 0.134. The maximum Gasteiger partial charge on any atom is 0.318 e. The van der Waals surface area contributed by atoms with Gasteiger partial charge in [-0.3, -0.25) is 0 Å². The highest BCUT2D eigenvalue weighted by molar-refractivity contribution is 5.75. The van der Waals surface area contributed by atoms with E-state index in [1.807, 2.05) is 4.90 Å². The molecule has 1 fully saturated rings. The van der Waals surface area contributed by atoms with Crippen LogP contribution in [0, 0.1) is 17.8 Å². The standard InChI is InChI=1S/C17H34N2O/c1-11(2)15-9-8-14(7)10-16(15)18-17(20)19(12(3)4)13(5)6/h11-16H,8-10H2,1-7H3,(H,18,20)/t14-,15+,16-/m1/s1. The molecule has 1 rings (SSSR count).